The van der Waals surface area contributed by atoms with Gasteiger partial charge in [-0.25, -0.2) is 9.18 Å². The van der Waals surface area contributed by atoms with Crippen LogP contribution in [0.15, 0.2) is 5.18 Å². The van der Waals surface area contributed by atoms with Crippen LogP contribution in [0.3, 0.4) is 0 Å². The lowest BCUT2D eigenvalue weighted by atomic mass is 10.4. The zero-order valence-corrected chi connectivity index (χ0v) is 3.87. The number of carbonyl (C=O) groups is 1. The summed E-state index contributed by atoms with van der Waals surface area (Å²) >= 11 is 0. The average molecular weight is 121 g/mol. The van der Waals surface area contributed by atoms with Gasteiger partial charge in [0.15, 0.2) is 0 Å². The Bertz CT molecular complexity index is 105. The minimum absolute atomic E-state index is 0.810. The Morgan fingerprint density at radius 2 is 2.38 bits per heavy atom. The monoisotopic (exact) mass is 121 g/mol. The van der Waals surface area contributed by atoms with E-state index in [0.29, 0.717) is 0 Å². The largest absolute Gasteiger partial charge is 0.479 e. The van der Waals surface area contributed by atoms with E-state index in [9.17, 15) is 9.18 Å². The average Bonchev–Trinajstić information content (AvgIpc) is 1.67. The van der Waals surface area contributed by atoms with Crippen molar-refractivity contribution < 1.29 is 14.3 Å². The third-order valence-electron chi connectivity index (χ3n) is 0.503. The van der Waals surface area contributed by atoms with Crippen molar-refractivity contribution in [2.45, 2.75) is 6.17 Å². The van der Waals surface area contributed by atoms with Gasteiger partial charge in [-0.1, -0.05) is 5.18 Å². The molecule has 46 valence electrons. The molecule has 0 bridgehead atoms. The summed E-state index contributed by atoms with van der Waals surface area (Å²) in [5, 5.41) is 9.79. The lowest BCUT2D eigenvalue weighted by Crippen LogP contribution is -2.16. The Morgan fingerprint density at radius 3 is 2.50 bits per heavy atom. The first kappa shape index (κ1) is 7.00. The van der Waals surface area contributed by atoms with Crippen molar-refractivity contribution in [3.05, 3.63) is 4.91 Å². The number of hydrogen-bond acceptors (Lipinski definition) is 3. The van der Waals surface area contributed by atoms with Crippen LogP contribution >= 0.6 is 0 Å². The van der Waals surface area contributed by atoms with Crippen LogP contribution in [0.1, 0.15) is 0 Å². The molecule has 0 aromatic carbocycles. The molecular weight excluding hydrogens is 117 g/mol. The molecule has 0 fully saturated rings. The molecule has 0 radical (unpaired) electrons. The lowest BCUT2D eigenvalue weighted by Gasteiger charge is -1.90. The van der Waals surface area contributed by atoms with Gasteiger partial charge >= 0.3 is 5.97 Å². The number of carboxylic acid groups (broad SMARTS) is 1. The van der Waals surface area contributed by atoms with Crippen LogP contribution in [0.25, 0.3) is 0 Å². The highest BCUT2D eigenvalue weighted by atomic mass is 19.1. The van der Waals surface area contributed by atoms with Gasteiger partial charge in [0.2, 0.25) is 6.17 Å². The van der Waals surface area contributed by atoms with Crippen LogP contribution < -0.4 is 0 Å². The van der Waals surface area contributed by atoms with Crippen molar-refractivity contribution in [1.29, 1.82) is 0 Å². The fourth-order valence-electron chi connectivity index (χ4n) is 0.144. The molecule has 1 unspecified atom stereocenters. The quantitative estimate of drug-likeness (QED) is 0.541. The molecule has 1 atom stereocenters. The third-order valence-corrected chi connectivity index (χ3v) is 0.503. The Labute approximate surface area is 44.3 Å². The molecule has 0 rings (SSSR count). The summed E-state index contributed by atoms with van der Waals surface area (Å²) in [6.07, 6.45) is -2.15. The van der Waals surface area contributed by atoms with Crippen LogP contribution in [0.5, 0.6) is 0 Å². The molecule has 0 saturated heterocycles. The van der Waals surface area contributed by atoms with E-state index in [0.717, 1.165) is 0 Å². The van der Waals surface area contributed by atoms with E-state index in [2.05, 4.69) is 5.18 Å². The summed E-state index contributed by atoms with van der Waals surface area (Å²) in [7, 11) is 0. The van der Waals surface area contributed by atoms with Crippen LogP contribution in [0, 0.1) is 4.91 Å². The summed E-state index contributed by atoms with van der Waals surface area (Å²) in [4.78, 5) is 18.7. The normalized spacial score (nSPS) is 12.6. The van der Waals surface area contributed by atoms with Crippen LogP contribution in [0.4, 0.5) is 4.39 Å². The van der Waals surface area contributed by atoms with E-state index < -0.39 is 18.7 Å². The maximum Gasteiger partial charge on any atom is 0.340 e. The standard InChI is InChI=1S/C3H4FNO3/c4-2(1-5-8)3(6)7/h2H,1H2,(H,6,7). The van der Waals surface area contributed by atoms with Crippen LogP contribution in [-0.4, -0.2) is 23.8 Å². The van der Waals surface area contributed by atoms with Crippen molar-refractivity contribution >= 4 is 5.97 Å². The van der Waals surface area contributed by atoms with Crippen LogP contribution in [-0.2, 0) is 4.79 Å². The molecule has 0 heterocycles. The summed E-state index contributed by atoms with van der Waals surface area (Å²) in [5.74, 6) is -1.65. The Balaban J connectivity index is 3.46. The Kier molecular flexibility index (Phi) is 2.68. The minimum Gasteiger partial charge on any atom is -0.479 e. The van der Waals surface area contributed by atoms with Crippen molar-refractivity contribution in [2.75, 3.05) is 6.54 Å². The number of hydrogen-bond donors (Lipinski definition) is 1. The molecular formula is C3H4FNO3. The number of alkyl halides is 1. The third kappa shape index (κ3) is 2.22. The van der Waals surface area contributed by atoms with Gasteiger partial charge in [-0.2, -0.15) is 4.91 Å². The predicted molar refractivity (Wildman–Crippen MR) is 23.2 cm³/mol. The maximum atomic E-state index is 11.6. The molecule has 0 amide bonds. The van der Waals surface area contributed by atoms with Gasteiger partial charge in [-0.05, 0) is 0 Å². The highest BCUT2D eigenvalue weighted by Gasteiger charge is 2.14. The summed E-state index contributed by atoms with van der Waals surface area (Å²) < 4.78 is 11.6. The molecule has 0 aliphatic rings. The molecule has 8 heavy (non-hydrogen) atoms. The smallest absolute Gasteiger partial charge is 0.340 e. The molecule has 0 spiro atoms. The van der Waals surface area contributed by atoms with Gasteiger partial charge in [0.05, 0.1) is 0 Å². The highest BCUT2D eigenvalue weighted by Crippen LogP contribution is 1.89. The van der Waals surface area contributed by atoms with Gasteiger partial charge in [0.25, 0.3) is 0 Å². The van der Waals surface area contributed by atoms with Gasteiger partial charge in [-0.3, -0.25) is 0 Å². The number of nitroso groups, excluding NO2 is 1. The second kappa shape index (κ2) is 3.06. The SMILES string of the molecule is O=NCC(F)C(=O)O. The number of halogens is 1. The minimum atomic E-state index is -2.15. The fourth-order valence-corrected chi connectivity index (χ4v) is 0.144. The van der Waals surface area contributed by atoms with E-state index in [-0.39, 0.29) is 0 Å². The van der Waals surface area contributed by atoms with Gasteiger partial charge in [0.1, 0.15) is 6.54 Å². The Morgan fingerprint density at radius 1 is 1.88 bits per heavy atom. The van der Waals surface area contributed by atoms with Crippen molar-refractivity contribution in [3.8, 4) is 0 Å². The molecule has 4 nitrogen and oxygen atoms in total. The van der Waals surface area contributed by atoms with Crippen molar-refractivity contribution in [1.82, 2.24) is 0 Å². The van der Waals surface area contributed by atoms with E-state index in [1.807, 2.05) is 0 Å². The van der Waals surface area contributed by atoms with E-state index in [1.54, 1.807) is 0 Å². The maximum absolute atomic E-state index is 11.6. The number of carboxylic acids is 1. The van der Waals surface area contributed by atoms with Crippen LogP contribution in [0.2, 0.25) is 0 Å². The van der Waals surface area contributed by atoms with E-state index >= 15 is 0 Å². The first-order chi connectivity index (χ1) is 3.68. The predicted octanol–water partition coefficient (Wildman–Crippen LogP) is 0.176. The van der Waals surface area contributed by atoms with Crippen molar-refractivity contribution in [3.63, 3.8) is 0 Å². The molecule has 0 aliphatic carbocycles. The summed E-state index contributed by atoms with van der Waals surface area (Å²) in [6.45, 7) is -0.810. The fraction of sp³-hybridized carbons (Fsp3) is 0.667. The molecule has 0 aromatic rings. The number of nitrogens with zero attached hydrogens (tertiary/aromatic N) is 1. The molecule has 0 aromatic heterocycles. The van der Waals surface area contributed by atoms with Gasteiger partial charge in [-0.15, -0.1) is 0 Å². The van der Waals surface area contributed by atoms with E-state index in [4.69, 9.17) is 10.0 Å². The summed E-state index contributed by atoms with van der Waals surface area (Å²) in [5.41, 5.74) is 0. The number of rotatable bonds is 3. The van der Waals surface area contributed by atoms with E-state index in [1.165, 1.54) is 0 Å². The Hall–Kier alpha value is -1.00. The molecule has 0 aliphatic heterocycles. The topological polar surface area (TPSA) is 66.7 Å². The summed E-state index contributed by atoms with van der Waals surface area (Å²) in [6, 6.07) is 0. The second-order valence-corrected chi connectivity index (χ2v) is 1.12. The molecule has 0 saturated carbocycles. The number of aliphatic carboxylic acids is 1. The highest BCUT2D eigenvalue weighted by molar-refractivity contribution is 5.72. The lowest BCUT2D eigenvalue weighted by molar-refractivity contribution is -0.142. The first-order valence-corrected chi connectivity index (χ1v) is 1.84. The molecule has 5 heteroatoms. The zero-order valence-electron chi connectivity index (χ0n) is 3.87. The van der Waals surface area contributed by atoms with Gasteiger partial charge < -0.3 is 5.11 Å². The van der Waals surface area contributed by atoms with Crippen molar-refractivity contribution in [2.24, 2.45) is 5.18 Å². The zero-order chi connectivity index (χ0) is 6.57. The second-order valence-electron chi connectivity index (χ2n) is 1.12. The van der Waals surface area contributed by atoms with Gasteiger partial charge in [0, 0.05) is 0 Å². The first-order valence-electron chi connectivity index (χ1n) is 1.84. The molecule has 1 N–H and O–H groups in total.